The van der Waals surface area contributed by atoms with Gasteiger partial charge in [0.15, 0.2) is 0 Å². The summed E-state index contributed by atoms with van der Waals surface area (Å²) in [5, 5.41) is 8.64. The van der Waals surface area contributed by atoms with Gasteiger partial charge in [-0.25, -0.2) is 12.7 Å². The first-order valence-corrected chi connectivity index (χ1v) is 6.74. The van der Waals surface area contributed by atoms with Gasteiger partial charge in [-0.05, 0) is 6.42 Å². The molecule has 16 heavy (non-hydrogen) atoms. The normalized spacial score (nSPS) is 11.8. The fraction of sp³-hybridized carbons (Fsp3) is 0.889. The van der Waals surface area contributed by atoms with E-state index >= 15 is 0 Å². The molecule has 7 heteroatoms. The standard InChI is InChI=1S/C9H19NO5S/c1-3-10(6-4-7-11)16(13,14)8-5-9(12)15-2/h11H,3-8H2,1-2H3. The lowest BCUT2D eigenvalue weighted by atomic mass is 10.4. The Morgan fingerprint density at radius 2 is 2.06 bits per heavy atom. The van der Waals surface area contributed by atoms with Gasteiger partial charge >= 0.3 is 5.97 Å². The van der Waals surface area contributed by atoms with E-state index in [1.54, 1.807) is 6.92 Å². The van der Waals surface area contributed by atoms with Crippen LogP contribution in [0.1, 0.15) is 19.8 Å². The number of aliphatic hydroxyl groups is 1. The number of carbonyl (C=O) groups excluding carboxylic acids is 1. The molecule has 1 N–H and O–H groups in total. The Morgan fingerprint density at radius 1 is 1.44 bits per heavy atom. The number of methoxy groups -OCH3 is 1. The zero-order valence-corrected chi connectivity index (χ0v) is 10.5. The molecule has 0 aliphatic carbocycles. The van der Waals surface area contributed by atoms with Crippen molar-refractivity contribution in [3.63, 3.8) is 0 Å². The van der Waals surface area contributed by atoms with Crippen molar-refractivity contribution < 1.29 is 23.1 Å². The second-order valence-electron chi connectivity index (χ2n) is 3.21. The summed E-state index contributed by atoms with van der Waals surface area (Å²) < 4.78 is 29.1. The number of carbonyl (C=O) groups is 1. The molecule has 0 unspecified atom stereocenters. The van der Waals surface area contributed by atoms with Crippen LogP contribution in [0.2, 0.25) is 0 Å². The summed E-state index contributed by atoms with van der Waals surface area (Å²) >= 11 is 0. The van der Waals surface area contributed by atoms with E-state index in [2.05, 4.69) is 4.74 Å². The fourth-order valence-electron chi connectivity index (χ4n) is 1.18. The van der Waals surface area contributed by atoms with Gasteiger partial charge in [0.25, 0.3) is 0 Å². The molecule has 0 aliphatic rings. The molecule has 0 radical (unpaired) electrons. The summed E-state index contributed by atoms with van der Waals surface area (Å²) in [6, 6.07) is 0. The molecular weight excluding hydrogens is 234 g/mol. The van der Waals surface area contributed by atoms with Crippen LogP contribution in [0.15, 0.2) is 0 Å². The largest absolute Gasteiger partial charge is 0.469 e. The first-order chi connectivity index (χ1) is 7.47. The van der Waals surface area contributed by atoms with E-state index in [0.717, 1.165) is 0 Å². The molecule has 0 atom stereocenters. The minimum absolute atomic E-state index is 0.0526. The van der Waals surface area contributed by atoms with Crippen LogP contribution >= 0.6 is 0 Å². The van der Waals surface area contributed by atoms with Crippen molar-refractivity contribution >= 4 is 16.0 Å². The summed E-state index contributed by atoms with van der Waals surface area (Å²) in [6.07, 6.45) is 0.250. The van der Waals surface area contributed by atoms with Crippen LogP contribution in [0.4, 0.5) is 0 Å². The monoisotopic (exact) mass is 253 g/mol. The molecule has 0 rings (SSSR count). The Morgan fingerprint density at radius 3 is 2.50 bits per heavy atom. The maximum absolute atomic E-state index is 11.7. The Hall–Kier alpha value is -0.660. The quantitative estimate of drug-likeness (QED) is 0.594. The highest BCUT2D eigenvalue weighted by molar-refractivity contribution is 7.89. The van der Waals surface area contributed by atoms with E-state index in [-0.39, 0.29) is 25.3 Å². The van der Waals surface area contributed by atoms with Crippen LogP contribution in [0.25, 0.3) is 0 Å². The molecule has 0 heterocycles. The first-order valence-electron chi connectivity index (χ1n) is 5.13. The van der Waals surface area contributed by atoms with Crippen LogP contribution in [0.5, 0.6) is 0 Å². The highest BCUT2D eigenvalue weighted by Gasteiger charge is 2.21. The fourth-order valence-corrected chi connectivity index (χ4v) is 2.67. The average molecular weight is 253 g/mol. The Bertz CT molecular complexity index is 301. The van der Waals surface area contributed by atoms with E-state index in [1.165, 1.54) is 11.4 Å². The second-order valence-corrected chi connectivity index (χ2v) is 5.30. The van der Waals surface area contributed by atoms with Crippen LogP contribution in [0.3, 0.4) is 0 Å². The molecule has 6 nitrogen and oxygen atoms in total. The highest BCUT2D eigenvalue weighted by Crippen LogP contribution is 2.04. The Balaban J connectivity index is 4.31. The SMILES string of the molecule is CCN(CCCO)S(=O)(=O)CCC(=O)OC. The van der Waals surface area contributed by atoms with Gasteiger partial charge in [-0.3, -0.25) is 4.79 Å². The lowest BCUT2D eigenvalue weighted by molar-refractivity contribution is -0.140. The molecule has 0 aromatic carbocycles. The predicted octanol–water partition coefficient (Wildman–Crippen LogP) is -0.416. The molecule has 0 fully saturated rings. The molecule has 0 saturated heterocycles. The topological polar surface area (TPSA) is 83.9 Å². The van der Waals surface area contributed by atoms with Crippen LogP contribution < -0.4 is 0 Å². The lowest BCUT2D eigenvalue weighted by Gasteiger charge is -2.19. The van der Waals surface area contributed by atoms with E-state index in [1.807, 2.05) is 0 Å². The first kappa shape index (κ1) is 15.3. The minimum atomic E-state index is -3.43. The summed E-state index contributed by atoms with van der Waals surface area (Å²) in [5.41, 5.74) is 0. The third-order valence-corrected chi connectivity index (χ3v) is 4.05. The van der Waals surface area contributed by atoms with Gasteiger partial charge in [0.1, 0.15) is 0 Å². The molecular formula is C9H19NO5S. The van der Waals surface area contributed by atoms with Crippen molar-refractivity contribution in [2.75, 3.05) is 32.6 Å². The number of hydrogen-bond donors (Lipinski definition) is 1. The summed E-state index contributed by atoms with van der Waals surface area (Å²) in [4.78, 5) is 10.8. The third-order valence-electron chi connectivity index (χ3n) is 2.10. The summed E-state index contributed by atoms with van der Waals surface area (Å²) in [5.74, 6) is -0.791. The maximum atomic E-state index is 11.7. The van der Waals surface area contributed by atoms with Crippen molar-refractivity contribution in [3.05, 3.63) is 0 Å². The van der Waals surface area contributed by atoms with E-state index in [4.69, 9.17) is 5.11 Å². The molecule has 0 spiro atoms. The number of ether oxygens (including phenoxy) is 1. The number of aliphatic hydroxyl groups excluding tert-OH is 1. The highest BCUT2D eigenvalue weighted by atomic mass is 32.2. The van der Waals surface area contributed by atoms with Crippen molar-refractivity contribution in [2.24, 2.45) is 0 Å². The van der Waals surface area contributed by atoms with Crippen LogP contribution in [-0.4, -0.2) is 56.4 Å². The maximum Gasteiger partial charge on any atom is 0.306 e. The number of nitrogens with zero attached hydrogens (tertiary/aromatic N) is 1. The number of sulfonamides is 1. The van der Waals surface area contributed by atoms with Gasteiger partial charge in [0.05, 0.1) is 19.3 Å². The molecule has 0 aromatic rings. The predicted molar refractivity (Wildman–Crippen MR) is 59.4 cm³/mol. The zero-order valence-electron chi connectivity index (χ0n) is 9.68. The van der Waals surface area contributed by atoms with Gasteiger partial charge < -0.3 is 9.84 Å². The minimum Gasteiger partial charge on any atom is -0.469 e. The van der Waals surface area contributed by atoms with Crippen LogP contribution in [0, 0.1) is 0 Å². The number of rotatable bonds is 8. The van der Waals surface area contributed by atoms with Gasteiger partial charge in [-0.15, -0.1) is 0 Å². The van der Waals surface area contributed by atoms with Crippen molar-refractivity contribution in [2.45, 2.75) is 19.8 Å². The summed E-state index contributed by atoms with van der Waals surface area (Å²) in [7, 11) is -2.21. The second kappa shape index (κ2) is 7.59. The molecule has 0 amide bonds. The van der Waals surface area contributed by atoms with Gasteiger partial charge in [0.2, 0.25) is 10.0 Å². The van der Waals surface area contributed by atoms with Crippen molar-refractivity contribution in [3.8, 4) is 0 Å². The Kier molecular flexibility index (Phi) is 7.27. The lowest BCUT2D eigenvalue weighted by Crippen LogP contribution is -2.34. The van der Waals surface area contributed by atoms with Gasteiger partial charge in [-0.2, -0.15) is 0 Å². The van der Waals surface area contributed by atoms with Gasteiger partial charge in [-0.1, -0.05) is 6.92 Å². The molecule has 0 bridgehead atoms. The average Bonchev–Trinajstić information content (AvgIpc) is 2.26. The summed E-state index contributed by atoms with van der Waals surface area (Å²) in [6.45, 7) is 2.27. The van der Waals surface area contributed by atoms with E-state index in [0.29, 0.717) is 13.0 Å². The molecule has 96 valence electrons. The number of hydrogen-bond acceptors (Lipinski definition) is 5. The molecule has 0 aliphatic heterocycles. The van der Waals surface area contributed by atoms with E-state index < -0.39 is 16.0 Å². The van der Waals surface area contributed by atoms with Gasteiger partial charge in [0, 0.05) is 19.7 Å². The third kappa shape index (κ3) is 5.43. The van der Waals surface area contributed by atoms with Crippen LogP contribution in [-0.2, 0) is 19.6 Å². The number of esters is 1. The molecule has 0 saturated carbocycles. The smallest absolute Gasteiger partial charge is 0.306 e. The van der Waals surface area contributed by atoms with Crippen molar-refractivity contribution in [1.82, 2.24) is 4.31 Å². The van der Waals surface area contributed by atoms with Crippen molar-refractivity contribution in [1.29, 1.82) is 0 Å². The molecule has 0 aromatic heterocycles. The zero-order chi connectivity index (χ0) is 12.6. The van der Waals surface area contributed by atoms with E-state index in [9.17, 15) is 13.2 Å². The Labute approximate surface area is 96.2 Å².